The molecule has 1 aromatic heterocycles. The van der Waals surface area contributed by atoms with Gasteiger partial charge in [0.05, 0.1) is 0 Å². The number of hydrogen-bond donors (Lipinski definition) is 2. The van der Waals surface area contributed by atoms with E-state index in [1.54, 1.807) is 13.8 Å². The summed E-state index contributed by atoms with van der Waals surface area (Å²) in [6.07, 6.45) is 0. The van der Waals surface area contributed by atoms with Crippen molar-refractivity contribution in [1.82, 2.24) is 9.62 Å². The number of hydrogen-bond acceptors (Lipinski definition) is 5. The standard InChI is InChI=1S/C12H18N2O5S2/c1-7-5-9(20-10(7)12(16)17)21(18,19)14(4)6-8(2)11(15)13-3/h5,8H,6H2,1-4H3,(H,13,15)(H,16,17). The van der Waals surface area contributed by atoms with Crippen LogP contribution in [0.4, 0.5) is 0 Å². The number of carbonyl (C=O) groups is 2. The molecule has 1 rings (SSSR count). The Hall–Kier alpha value is -1.45. The van der Waals surface area contributed by atoms with Crippen LogP contribution in [0.5, 0.6) is 0 Å². The lowest BCUT2D eigenvalue weighted by molar-refractivity contribution is -0.124. The lowest BCUT2D eigenvalue weighted by atomic mass is 10.2. The predicted molar refractivity (Wildman–Crippen MR) is 79.1 cm³/mol. The number of aromatic carboxylic acids is 1. The van der Waals surface area contributed by atoms with Gasteiger partial charge in [-0.2, -0.15) is 4.31 Å². The number of nitrogens with zero attached hydrogens (tertiary/aromatic N) is 1. The summed E-state index contributed by atoms with van der Waals surface area (Å²) in [6.45, 7) is 3.18. The van der Waals surface area contributed by atoms with Crippen LogP contribution >= 0.6 is 11.3 Å². The summed E-state index contributed by atoms with van der Waals surface area (Å²) in [5.74, 6) is -1.92. The van der Waals surface area contributed by atoms with E-state index in [0.717, 1.165) is 4.31 Å². The lowest BCUT2D eigenvalue weighted by Gasteiger charge is -2.19. The fourth-order valence-electron chi connectivity index (χ4n) is 1.76. The molecule has 2 N–H and O–H groups in total. The SMILES string of the molecule is CNC(=O)C(C)CN(C)S(=O)(=O)c1cc(C)c(C(=O)O)s1. The van der Waals surface area contributed by atoms with Crippen molar-refractivity contribution in [3.05, 3.63) is 16.5 Å². The summed E-state index contributed by atoms with van der Waals surface area (Å²) < 4.78 is 25.8. The van der Waals surface area contributed by atoms with Gasteiger partial charge in [0.15, 0.2) is 0 Å². The Bertz CT molecular complexity index is 651. The van der Waals surface area contributed by atoms with Crippen LogP contribution in [-0.4, -0.2) is 50.3 Å². The maximum Gasteiger partial charge on any atom is 0.346 e. The summed E-state index contributed by atoms with van der Waals surface area (Å²) in [5.41, 5.74) is 0.402. The third-order valence-electron chi connectivity index (χ3n) is 2.98. The molecule has 0 saturated heterocycles. The molecule has 1 atom stereocenters. The Morgan fingerprint density at radius 1 is 1.48 bits per heavy atom. The van der Waals surface area contributed by atoms with Crippen molar-refractivity contribution in [2.75, 3.05) is 20.6 Å². The Balaban J connectivity index is 3.03. The van der Waals surface area contributed by atoms with Gasteiger partial charge in [-0.05, 0) is 18.6 Å². The molecule has 0 fully saturated rings. The van der Waals surface area contributed by atoms with Crippen molar-refractivity contribution in [2.45, 2.75) is 18.1 Å². The van der Waals surface area contributed by atoms with Crippen LogP contribution in [0.1, 0.15) is 22.2 Å². The predicted octanol–water partition coefficient (Wildman–Crippen LogP) is 0.757. The normalized spacial score (nSPS) is 13.2. The van der Waals surface area contributed by atoms with E-state index in [1.165, 1.54) is 20.2 Å². The first-order chi connectivity index (χ1) is 9.61. The van der Waals surface area contributed by atoms with Crippen LogP contribution in [0.15, 0.2) is 10.3 Å². The van der Waals surface area contributed by atoms with Gasteiger partial charge in [0.1, 0.15) is 9.09 Å². The largest absolute Gasteiger partial charge is 0.477 e. The van der Waals surface area contributed by atoms with Gasteiger partial charge in [-0.25, -0.2) is 13.2 Å². The van der Waals surface area contributed by atoms with Crippen LogP contribution in [-0.2, 0) is 14.8 Å². The molecule has 0 spiro atoms. The van der Waals surface area contributed by atoms with Gasteiger partial charge in [-0.15, -0.1) is 11.3 Å². The van der Waals surface area contributed by atoms with Gasteiger partial charge in [0.25, 0.3) is 10.0 Å². The maximum absolute atomic E-state index is 12.4. The van der Waals surface area contributed by atoms with Crippen LogP contribution < -0.4 is 5.32 Å². The molecule has 9 heteroatoms. The van der Waals surface area contributed by atoms with Crippen LogP contribution in [0, 0.1) is 12.8 Å². The Kier molecular flexibility index (Phi) is 5.48. The van der Waals surface area contributed by atoms with Crippen molar-refractivity contribution < 1.29 is 23.1 Å². The van der Waals surface area contributed by atoms with Gasteiger partial charge in [0, 0.05) is 26.6 Å². The third-order valence-corrected chi connectivity index (χ3v) is 6.48. The number of aryl methyl sites for hydroxylation is 1. The number of carbonyl (C=O) groups excluding carboxylic acids is 1. The van der Waals surface area contributed by atoms with E-state index in [2.05, 4.69) is 5.32 Å². The van der Waals surface area contributed by atoms with Crippen LogP contribution in [0.2, 0.25) is 0 Å². The van der Waals surface area contributed by atoms with E-state index in [0.29, 0.717) is 16.9 Å². The molecule has 0 bridgehead atoms. The van der Waals surface area contributed by atoms with Crippen LogP contribution in [0.3, 0.4) is 0 Å². The molecule has 7 nitrogen and oxygen atoms in total. The highest BCUT2D eigenvalue weighted by Crippen LogP contribution is 2.28. The first kappa shape index (κ1) is 17.6. The first-order valence-corrected chi connectivity index (χ1v) is 8.38. The summed E-state index contributed by atoms with van der Waals surface area (Å²) in [7, 11) is -0.956. The van der Waals surface area contributed by atoms with Gasteiger partial charge in [-0.1, -0.05) is 6.92 Å². The Morgan fingerprint density at radius 2 is 2.05 bits per heavy atom. The smallest absolute Gasteiger partial charge is 0.346 e. The Morgan fingerprint density at radius 3 is 2.48 bits per heavy atom. The highest BCUT2D eigenvalue weighted by atomic mass is 32.2. The minimum atomic E-state index is -3.80. The summed E-state index contributed by atoms with van der Waals surface area (Å²) in [5, 5.41) is 11.4. The van der Waals surface area contributed by atoms with E-state index in [-0.39, 0.29) is 21.5 Å². The molecule has 0 aliphatic heterocycles. The number of amides is 1. The number of sulfonamides is 1. The summed E-state index contributed by atoms with van der Waals surface area (Å²) in [6, 6.07) is 1.34. The average molecular weight is 334 g/mol. The van der Waals surface area contributed by atoms with Gasteiger partial charge in [-0.3, -0.25) is 4.79 Å². The molecular formula is C12H18N2O5S2. The first-order valence-electron chi connectivity index (χ1n) is 6.13. The van der Waals surface area contributed by atoms with E-state index in [1.807, 2.05) is 0 Å². The molecule has 1 heterocycles. The zero-order chi connectivity index (χ0) is 16.4. The molecule has 0 aliphatic carbocycles. The van der Waals surface area contributed by atoms with Crippen LogP contribution in [0.25, 0.3) is 0 Å². The highest BCUT2D eigenvalue weighted by molar-refractivity contribution is 7.91. The minimum absolute atomic E-state index is 0.00123. The average Bonchev–Trinajstić information content (AvgIpc) is 2.80. The van der Waals surface area contributed by atoms with Crippen molar-refractivity contribution in [1.29, 1.82) is 0 Å². The maximum atomic E-state index is 12.4. The van der Waals surface area contributed by atoms with E-state index >= 15 is 0 Å². The summed E-state index contributed by atoms with van der Waals surface area (Å²) in [4.78, 5) is 22.4. The molecule has 0 aliphatic rings. The summed E-state index contributed by atoms with van der Waals surface area (Å²) >= 11 is 0.714. The van der Waals surface area contributed by atoms with E-state index in [4.69, 9.17) is 5.11 Å². The highest BCUT2D eigenvalue weighted by Gasteiger charge is 2.28. The number of nitrogens with one attached hydrogen (secondary N) is 1. The molecule has 0 aromatic carbocycles. The van der Waals surface area contributed by atoms with Crippen molar-refractivity contribution >= 4 is 33.2 Å². The second-order valence-electron chi connectivity index (χ2n) is 4.68. The number of thiophene rings is 1. The van der Waals surface area contributed by atoms with Crippen molar-refractivity contribution in [3.8, 4) is 0 Å². The Labute approximate surface area is 127 Å². The van der Waals surface area contributed by atoms with Crippen molar-refractivity contribution in [3.63, 3.8) is 0 Å². The number of carboxylic acid groups (broad SMARTS) is 1. The molecule has 1 aromatic rings. The van der Waals surface area contributed by atoms with Gasteiger partial charge in [0.2, 0.25) is 5.91 Å². The molecule has 0 radical (unpaired) electrons. The quantitative estimate of drug-likeness (QED) is 0.799. The topological polar surface area (TPSA) is 104 Å². The lowest BCUT2D eigenvalue weighted by Crippen LogP contribution is -2.37. The zero-order valence-electron chi connectivity index (χ0n) is 12.2. The molecule has 118 valence electrons. The fourth-order valence-corrected chi connectivity index (χ4v) is 4.61. The van der Waals surface area contributed by atoms with E-state index < -0.39 is 21.9 Å². The molecular weight excluding hydrogens is 316 g/mol. The molecule has 1 unspecified atom stereocenters. The van der Waals surface area contributed by atoms with Gasteiger partial charge >= 0.3 is 5.97 Å². The third kappa shape index (κ3) is 3.80. The molecule has 0 saturated carbocycles. The minimum Gasteiger partial charge on any atom is -0.477 e. The monoisotopic (exact) mass is 334 g/mol. The number of carboxylic acids is 1. The second kappa shape index (κ2) is 6.54. The van der Waals surface area contributed by atoms with Gasteiger partial charge < -0.3 is 10.4 Å². The fraction of sp³-hybridized carbons (Fsp3) is 0.500. The van der Waals surface area contributed by atoms with E-state index in [9.17, 15) is 18.0 Å². The second-order valence-corrected chi connectivity index (χ2v) is 8.01. The molecule has 21 heavy (non-hydrogen) atoms. The number of rotatable bonds is 6. The molecule has 1 amide bonds. The zero-order valence-corrected chi connectivity index (χ0v) is 13.8. The van der Waals surface area contributed by atoms with Crippen molar-refractivity contribution in [2.24, 2.45) is 5.92 Å².